The number of amides is 2. The lowest BCUT2D eigenvalue weighted by Gasteiger charge is -2.37. The minimum absolute atomic E-state index is 0.0142. The van der Waals surface area contributed by atoms with Crippen LogP contribution in [0.4, 0.5) is 0 Å². The molecule has 0 bridgehead atoms. The van der Waals surface area contributed by atoms with Gasteiger partial charge < -0.3 is 19.7 Å². The summed E-state index contributed by atoms with van der Waals surface area (Å²) in [6.45, 7) is 0. The molecule has 3 aliphatic rings. The van der Waals surface area contributed by atoms with Crippen molar-refractivity contribution in [1.82, 2.24) is 5.32 Å². The molecule has 3 aliphatic heterocycles. The predicted octanol–water partition coefficient (Wildman–Crippen LogP) is 2.71. The van der Waals surface area contributed by atoms with Crippen LogP contribution in [0.2, 0.25) is 0 Å². The highest BCUT2D eigenvalue weighted by Gasteiger charge is 2.54. The number of ether oxygens (including phenoxy) is 2. The van der Waals surface area contributed by atoms with Gasteiger partial charge in [-0.2, -0.15) is 0 Å². The average molecular weight is 427 g/mol. The van der Waals surface area contributed by atoms with Crippen molar-refractivity contribution in [3.63, 3.8) is 0 Å². The van der Waals surface area contributed by atoms with Crippen LogP contribution in [0.15, 0.2) is 60.7 Å². The SMILES string of the molecule is O=C1C=C(c2c(O)ccc3c2Oc2cc(O)ccc2C32OC(=O)c3ccccc32)C(=O)N1. The fraction of sp³-hybridized carbons (Fsp3) is 0.0417. The van der Waals surface area contributed by atoms with Crippen molar-refractivity contribution in [3.8, 4) is 23.0 Å². The number of carbonyl (C=O) groups excluding carboxylic acids is 3. The van der Waals surface area contributed by atoms with Crippen LogP contribution in [0.3, 0.4) is 0 Å². The predicted molar refractivity (Wildman–Crippen MR) is 109 cm³/mol. The largest absolute Gasteiger partial charge is 0.508 e. The van der Waals surface area contributed by atoms with Gasteiger partial charge in [-0.05, 0) is 30.3 Å². The Morgan fingerprint density at radius 1 is 0.875 bits per heavy atom. The molecule has 3 aromatic carbocycles. The second-order valence-electron chi connectivity index (χ2n) is 7.61. The molecule has 1 atom stereocenters. The van der Waals surface area contributed by atoms with E-state index in [0.717, 1.165) is 6.08 Å². The third-order valence-corrected chi connectivity index (χ3v) is 5.87. The number of fused-ring (bicyclic) bond motifs is 6. The zero-order valence-electron chi connectivity index (χ0n) is 16.2. The Hall–Kier alpha value is -4.59. The van der Waals surface area contributed by atoms with Gasteiger partial charge in [0.1, 0.15) is 23.0 Å². The van der Waals surface area contributed by atoms with Crippen molar-refractivity contribution >= 4 is 23.4 Å². The van der Waals surface area contributed by atoms with E-state index in [1.54, 1.807) is 36.4 Å². The molecule has 0 radical (unpaired) electrons. The first kappa shape index (κ1) is 18.2. The van der Waals surface area contributed by atoms with Crippen LogP contribution in [-0.2, 0) is 19.9 Å². The molecule has 1 unspecified atom stereocenters. The zero-order valence-corrected chi connectivity index (χ0v) is 16.2. The van der Waals surface area contributed by atoms with Crippen molar-refractivity contribution in [2.45, 2.75) is 5.60 Å². The maximum atomic E-state index is 12.8. The highest BCUT2D eigenvalue weighted by atomic mass is 16.6. The van der Waals surface area contributed by atoms with E-state index in [4.69, 9.17) is 9.47 Å². The molecule has 0 fully saturated rings. The molecular formula is C24H13NO7. The van der Waals surface area contributed by atoms with Gasteiger partial charge in [0, 0.05) is 28.8 Å². The second-order valence-corrected chi connectivity index (χ2v) is 7.61. The summed E-state index contributed by atoms with van der Waals surface area (Å²) >= 11 is 0. The van der Waals surface area contributed by atoms with Crippen molar-refractivity contribution in [1.29, 1.82) is 0 Å². The average Bonchev–Trinajstić information content (AvgIpc) is 3.24. The molecule has 8 heteroatoms. The van der Waals surface area contributed by atoms with Gasteiger partial charge in [-0.15, -0.1) is 0 Å². The van der Waals surface area contributed by atoms with Gasteiger partial charge in [0.2, 0.25) is 0 Å². The summed E-state index contributed by atoms with van der Waals surface area (Å²) in [5, 5.41) is 22.9. The first-order chi connectivity index (χ1) is 15.4. The Bertz CT molecular complexity index is 1440. The molecule has 3 heterocycles. The third kappa shape index (κ3) is 2.18. The lowest BCUT2D eigenvalue weighted by Crippen LogP contribution is -2.33. The van der Waals surface area contributed by atoms with Crippen LogP contribution in [0.25, 0.3) is 5.57 Å². The maximum absolute atomic E-state index is 12.8. The summed E-state index contributed by atoms with van der Waals surface area (Å²) in [6.07, 6.45) is 1.07. The minimum atomic E-state index is -1.44. The summed E-state index contributed by atoms with van der Waals surface area (Å²) in [6, 6.07) is 14.2. The molecule has 156 valence electrons. The van der Waals surface area contributed by atoms with Crippen molar-refractivity contribution < 1.29 is 34.1 Å². The second kappa shape index (κ2) is 5.98. The maximum Gasteiger partial charge on any atom is 0.340 e. The Kier molecular flexibility index (Phi) is 3.40. The van der Waals surface area contributed by atoms with Crippen molar-refractivity contribution in [2.75, 3.05) is 0 Å². The minimum Gasteiger partial charge on any atom is -0.508 e. The summed E-state index contributed by atoms with van der Waals surface area (Å²) in [4.78, 5) is 37.0. The summed E-state index contributed by atoms with van der Waals surface area (Å²) in [7, 11) is 0. The van der Waals surface area contributed by atoms with Crippen molar-refractivity contribution in [2.24, 2.45) is 0 Å². The summed E-state index contributed by atoms with van der Waals surface area (Å²) in [5.41, 5.74) is 0.224. The summed E-state index contributed by atoms with van der Waals surface area (Å²) in [5.74, 6) is -2.02. The van der Waals surface area contributed by atoms with E-state index in [9.17, 15) is 24.6 Å². The molecule has 0 aliphatic carbocycles. The van der Waals surface area contributed by atoms with Gasteiger partial charge in [-0.1, -0.05) is 18.2 Å². The molecule has 32 heavy (non-hydrogen) atoms. The van der Waals surface area contributed by atoms with Gasteiger partial charge in [-0.25, -0.2) is 4.79 Å². The van der Waals surface area contributed by atoms with E-state index in [-0.39, 0.29) is 34.1 Å². The number of hydrogen-bond acceptors (Lipinski definition) is 7. The molecule has 0 aromatic heterocycles. The van der Waals surface area contributed by atoms with E-state index in [1.165, 1.54) is 18.2 Å². The zero-order chi connectivity index (χ0) is 22.2. The van der Waals surface area contributed by atoms with Crippen LogP contribution >= 0.6 is 0 Å². The number of imide groups is 1. The van der Waals surface area contributed by atoms with Gasteiger partial charge >= 0.3 is 5.97 Å². The first-order valence-electron chi connectivity index (χ1n) is 9.68. The van der Waals surface area contributed by atoms with Crippen LogP contribution in [0.1, 0.15) is 32.6 Å². The van der Waals surface area contributed by atoms with Crippen LogP contribution in [-0.4, -0.2) is 28.0 Å². The standard InChI is InChI=1S/C24H13NO7/c26-11-5-6-15-18(9-11)31-21-16(24(15)14-4-2-1-3-12(14)23(30)32-24)7-8-17(27)20(21)13-10-19(28)25-22(13)29/h1-10,26-27H,(H,25,28,29). The fourth-order valence-corrected chi connectivity index (χ4v) is 4.57. The molecule has 3 N–H and O–H groups in total. The highest BCUT2D eigenvalue weighted by molar-refractivity contribution is 6.34. The molecule has 1 spiro atoms. The molecular weight excluding hydrogens is 414 g/mol. The number of rotatable bonds is 1. The molecule has 8 nitrogen and oxygen atoms in total. The Morgan fingerprint density at radius 2 is 1.66 bits per heavy atom. The van der Waals surface area contributed by atoms with Gasteiger partial charge in [0.05, 0.1) is 16.7 Å². The topological polar surface area (TPSA) is 122 Å². The lowest BCUT2D eigenvalue weighted by atomic mass is 9.76. The number of aromatic hydroxyl groups is 2. The first-order valence-corrected chi connectivity index (χ1v) is 9.68. The quantitative estimate of drug-likeness (QED) is 0.403. The van der Waals surface area contributed by atoms with Gasteiger partial charge in [-0.3, -0.25) is 14.9 Å². The number of phenolic OH excluding ortho intramolecular Hbond substituents is 2. The number of carbonyl (C=O) groups is 3. The van der Waals surface area contributed by atoms with Gasteiger partial charge in [0.15, 0.2) is 5.60 Å². The molecule has 6 rings (SSSR count). The van der Waals surface area contributed by atoms with E-state index in [1.807, 2.05) is 0 Å². The fourth-order valence-electron chi connectivity index (χ4n) is 4.57. The van der Waals surface area contributed by atoms with E-state index in [0.29, 0.717) is 22.3 Å². The smallest absolute Gasteiger partial charge is 0.340 e. The number of nitrogens with one attached hydrogen (secondary N) is 1. The third-order valence-electron chi connectivity index (χ3n) is 5.87. The summed E-state index contributed by atoms with van der Waals surface area (Å²) < 4.78 is 12.0. The monoisotopic (exact) mass is 427 g/mol. The van der Waals surface area contributed by atoms with Crippen LogP contribution < -0.4 is 10.1 Å². The van der Waals surface area contributed by atoms with Crippen molar-refractivity contribution in [3.05, 3.63) is 88.5 Å². The lowest BCUT2D eigenvalue weighted by molar-refractivity contribution is -0.123. The number of esters is 1. The Labute approximate surface area is 180 Å². The van der Waals surface area contributed by atoms with E-state index >= 15 is 0 Å². The molecule has 3 aromatic rings. The number of benzene rings is 3. The number of hydrogen-bond donors (Lipinski definition) is 3. The van der Waals surface area contributed by atoms with Crippen LogP contribution in [0.5, 0.6) is 23.0 Å². The van der Waals surface area contributed by atoms with Crippen LogP contribution in [0, 0.1) is 0 Å². The molecule has 0 saturated carbocycles. The van der Waals surface area contributed by atoms with E-state index < -0.39 is 23.4 Å². The Morgan fingerprint density at radius 3 is 2.44 bits per heavy atom. The highest BCUT2D eigenvalue weighted by Crippen LogP contribution is 2.58. The van der Waals surface area contributed by atoms with Gasteiger partial charge in [0.25, 0.3) is 11.8 Å². The Balaban J connectivity index is 1.73. The molecule has 2 amide bonds. The number of phenols is 2. The van der Waals surface area contributed by atoms with E-state index in [2.05, 4.69) is 5.32 Å². The molecule has 0 saturated heterocycles. The normalized spacial score (nSPS) is 20.1.